The second-order valence-electron chi connectivity index (χ2n) is 4.55. The average molecular weight is 314 g/mol. The summed E-state index contributed by atoms with van der Waals surface area (Å²) in [5, 5.41) is 25.6. The van der Waals surface area contributed by atoms with Crippen molar-refractivity contribution in [2.45, 2.75) is 20.3 Å². The first-order valence-corrected chi connectivity index (χ1v) is 7.23. The van der Waals surface area contributed by atoms with Crippen molar-refractivity contribution in [3.8, 4) is 0 Å². The van der Waals surface area contributed by atoms with Gasteiger partial charge in [0.25, 0.3) is 5.69 Å². The van der Waals surface area contributed by atoms with Crippen molar-refractivity contribution in [3.05, 3.63) is 33.9 Å². The van der Waals surface area contributed by atoms with Crippen LogP contribution < -0.4 is 4.90 Å². The molecule has 0 aromatic heterocycles. The molecule has 1 aliphatic rings. The SMILES string of the molecule is CCCO.CO.Cc1ccc([N+](=O)[O-])cc1N1CCOCC1. The lowest BCUT2D eigenvalue weighted by Crippen LogP contribution is -2.36. The summed E-state index contributed by atoms with van der Waals surface area (Å²) in [6.45, 7) is 7.17. The Balaban J connectivity index is 0.000000640. The number of anilines is 1. The van der Waals surface area contributed by atoms with Crippen molar-refractivity contribution in [1.82, 2.24) is 0 Å². The highest BCUT2D eigenvalue weighted by molar-refractivity contribution is 5.58. The van der Waals surface area contributed by atoms with Gasteiger partial charge in [0.05, 0.1) is 18.1 Å². The predicted octanol–water partition coefficient (Wildman–Crippen LogP) is 1.74. The summed E-state index contributed by atoms with van der Waals surface area (Å²) in [7, 11) is 1.00. The number of nitro groups is 1. The second-order valence-corrected chi connectivity index (χ2v) is 4.55. The molecule has 22 heavy (non-hydrogen) atoms. The van der Waals surface area contributed by atoms with Gasteiger partial charge in [-0.15, -0.1) is 0 Å². The quantitative estimate of drug-likeness (QED) is 0.651. The maximum Gasteiger partial charge on any atom is 0.271 e. The molecule has 0 amide bonds. The van der Waals surface area contributed by atoms with Gasteiger partial charge >= 0.3 is 0 Å². The number of aliphatic hydroxyl groups excluding tert-OH is 2. The summed E-state index contributed by atoms with van der Waals surface area (Å²) in [6.07, 6.45) is 0.875. The fourth-order valence-electron chi connectivity index (χ4n) is 1.86. The standard InChI is InChI=1S/C11H14N2O3.C3H8O.CH4O/c1-9-2-3-10(13(14)15)8-11(9)12-4-6-16-7-5-12;1-2-3-4;1-2/h2-3,8H,4-7H2,1H3;4H,2-3H2,1H3;2H,1H3. The van der Waals surface area contributed by atoms with Gasteiger partial charge in [-0.05, 0) is 18.9 Å². The Kier molecular flexibility index (Phi) is 11.0. The van der Waals surface area contributed by atoms with E-state index in [0.29, 0.717) is 19.8 Å². The van der Waals surface area contributed by atoms with E-state index in [4.69, 9.17) is 14.9 Å². The van der Waals surface area contributed by atoms with Gasteiger partial charge in [0.15, 0.2) is 0 Å². The largest absolute Gasteiger partial charge is 0.400 e. The molecule has 2 N–H and O–H groups in total. The Morgan fingerprint density at radius 3 is 2.32 bits per heavy atom. The second kappa shape index (κ2) is 11.9. The van der Waals surface area contributed by atoms with Crippen LogP contribution in [0.3, 0.4) is 0 Å². The van der Waals surface area contributed by atoms with Crippen LogP contribution in [0.15, 0.2) is 18.2 Å². The number of hydrogen-bond donors (Lipinski definition) is 2. The number of ether oxygens (including phenoxy) is 1. The van der Waals surface area contributed by atoms with Gasteiger partial charge in [-0.2, -0.15) is 0 Å². The van der Waals surface area contributed by atoms with Gasteiger partial charge < -0.3 is 19.8 Å². The number of rotatable bonds is 3. The molecule has 1 aromatic rings. The smallest absolute Gasteiger partial charge is 0.271 e. The minimum atomic E-state index is -0.358. The highest BCUT2D eigenvalue weighted by Gasteiger charge is 2.16. The van der Waals surface area contributed by atoms with E-state index in [1.165, 1.54) is 0 Å². The zero-order chi connectivity index (χ0) is 17.0. The fourth-order valence-corrected chi connectivity index (χ4v) is 1.86. The van der Waals surface area contributed by atoms with Gasteiger partial charge in [0.1, 0.15) is 0 Å². The third-order valence-electron chi connectivity index (χ3n) is 2.98. The monoisotopic (exact) mass is 314 g/mol. The van der Waals surface area contributed by atoms with E-state index in [2.05, 4.69) is 4.90 Å². The van der Waals surface area contributed by atoms with Crippen LogP contribution in [0.5, 0.6) is 0 Å². The van der Waals surface area contributed by atoms with Gasteiger partial charge in [0, 0.05) is 44.6 Å². The highest BCUT2D eigenvalue weighted by atomic mass is 16.6. The maximum absolute atomic E-state index is 10.7. The van der Waals surface area contributed by atoms with Crippen molar-refractivity contribution in [3.63, 3.8) is 0 Å². The molecule has 0 bridgehead atoms. The Labute approximate surface area is 131 Å². The first-order chi connectivity index (χ1) is 10.6. The van der Waals surface area contributed by atoms with E-state index < -0.39 is 0 Å². The molecule has 0 saturated carbocycles. The minimum absolute atomic E-state index is 0.145. The summed E-state index contributed by atoms with van der Waals surface area (Å²) >= 11 is 0. The number of nitrogens with zero attached hydrogens (tertiary/aromatic N) is 2. The molecule has 0 radical (unpaired) electrons. The van der Waals surface area contributed by atoms with E-state index >= 15 is 0 Å². The molecule has 1 aliphatic heterocycles. The van der Waals surface area contributed by atoms with E-state index in [1.54, 1.807) is 18.2 Å². The highest BCUT2D eigenvalue weighted by Crippen LogP contribution is 2.26. The Bertz CT molecular complexity index is 432. The van der Waals surface area contributed by atoms with Crippen LogP contribution in [-0.2, 0) is 4.74 Å². The molecule has 126 valence electrons. The summed E-state index contributed by atoms with van der Waals surface area (Å²) in [6, 6.07) is 4.98. The zero-order valence-corrected chi connectivity index (χ0v) is 13.5. The number of morpholine rings is 1. The maximum atomic E-state index is 10.7. The number of hydrogen-bond acceptors (Lipinski definition) is 6. The topological polar surface area (TPSA) is 96.1 Å². The summed E-state index contributed by atoms with van der Waals surface area (Å²) < 4.78 is 5.26. The van der Waals surface area contributed by atoms with Crippen molar-refractivity contribution in [2.75, 3.05) is 44.9 Å². The van der Waals surface area contributed by atoms with Gasteiger partial charge in [-0.25, -0.2) is 0 Å². The molecule has 1 saturated heterocycles. The lowest BCUT2D eigenvalue weighted by molar-refractivity contribution is -0.384. The van der Waals surface area contributed by atoms with Crippen LogP contribution in [0.25, 0.3) is 0 Å². The van der Waals surface area contributed by atoms with Crippen LogP contribution >= 0.6 is 0 Å². The average Bonchev–Trinajstić information content (AvgIpc) is 2.58. The van der Waals surface area contributed by atoms with Gasteiger partial charge in [-0.1, -0.05) is 13.0 Å². The van der Waals surface area contributed by atoms with Crippen LogP contribution in [-0.4, -0.2) is 55.2 Å². The van der Waals surface area contributed by atoms with Crippen molar-refractivity contribution >= 4 is 11.4 Å². The Morgan fingerprint density at radius 1 is 1.32 bits per heavy atom. The predicted molar refractivity (Wildman–Crippen MR) is 86.4 cm³/mol. The lowest BCUT2D eigenvalue weighted by atomic mass is 10.1. The van der Waals surface area contributed by atoms with Crippen molar-refractivity contribution in [1.29, 1.82) is 0 Å². The van der Waals surface area contributed by atoms with E-state index in [9.17, 15) is 10.1 Å². The Hall–Kier alpha value is -1.70. The minimum Gasteiger partial charge on any atom is -0.400 e. The number of aliphatic hydroxyl groups is 2. The van der Waals surface area contributed by atoms with Gasteiger partial charge in [-0.3, -0.25) is 10.1 Å². The van der Waals surface area contributed by atoms with E-state index in [1.807, 2.05) is 13.8 Å². The first kappa shape index (κ1) is 20.3. The fraction of sp³-hybridized carbons (Fsp3) is 0.600. The molecule has 1 fully saturated rings. The van der Waals surface area contributed by atoms with E-state index in [-0.39, 0.29) is 10.6 Å². The summed E-state index contributed by atoms with van der Waals surface area (Å²) in [5.74, 6) is 0. The third kappa shape index (κ3) is 6.84. The molecule has 0 atom stereocenters. The molecule has 7 heteroatoms. The molecule has 0 spiro atoms. The number of nitro benzene ring substituents is 1. The molecule has 0 unspecified atom stereocenters. The number of aryl methyl sites for hydroxylation is 1. The van der Waals surface area contributed by atoms with Crippen molar-refractivity contribution in [2.24, 2.45) is 0 Å². The molecular weight excluding hydrogens is 288 g/mol. The third-order valence-corrected chi connectivity index (χ3v) is 2.98. The molecular formula is C15H26N2O5. The number of benzene rings is 1. The summed E-state index contributed by atoms with van der Waals surface area (Å²) in [4.78, 5) is 12.5. The lowest BCUT2D eigenvalue weighted by Gasteiger charge is -2.29. The molecule has 1 heterocycles. The normalized spacial score (nSPS) is 13.4. The van der Waals surface area contributed by atoms with Crippen molar-refractivity contribution < 1.29 is 19.9 Å². The van der Waals surface area contributed by atoms with Crippen LogP contribution in [0.1, 0.15) is 18.9 Å². The number of non-ortho nitro benzene ring substituents is 1. The Morgan fingerprint density at radius 2 is 1.86 bits per heavy atom. The molecule has 7 nitrogen and oxygen atoms in total. The molecule has 1 aromatic carbocycles. The summed E-state index contributed by atoms with van der Waals surface area (Å²) in [5.41, 5.74) is 2.15. The van der Waals surface area contributed by atoms with E-state index in [0.717, 1.165) is 37.9 Å². The molecule has 2 rings (SSSR count). The first-order valence-electron chi connectivity index (χ1n) is 7.23. The van der Waals surface area contributed by atoms with Crippen LogP contribution in [0, 0.1) is 17.0 Å². The zero-order valence-electron chi connectivity index (χ0n) is 13.5. The van der Waals surface area contributed by atoms with Crippen LogP contribution in [0.2, 0.25) is 0 Å². The molecule has 0 aliphatic carbocycles. The van der Waals surface area contributed by atoms with Gasteiger partial charge in [0.2, 0.25) is 0 Å². The van der Waals surface area contributed by atoms with Crippen LogP contribution in [0.4, 0.5) is 11.4 Å².